The number of isocyanates is 1. The average molecular weight is 252 g/mol. The smallest absolute Gasteiger partial charge is 0.240 e. The number of carbonyl (C=O) groups excluding carboxylic acids is 1. The highest BCUT2D eigenvalue weighted by atomic mass is 16.6. The van der Waals surface area contributed by atoms with Crippen LogP contribution in [0.25, 0.3) is 11.8 Å². The van der Waals surface area contributed by atoms with Crippen LogP contribution in [0.3, 0.4) is 0 Å². The molecule has 0 aliphatic carbocycles. The normalized spacial score (nSPS) is 10.7. The van der Waals surface area contributed by atoms with E-state index in [9.17, 15) is 4.79 Å². The van der Waals surface area contributed by atoms with Gasteiger partial charge in [0.25, 0.3) is 0 Å². The van der Waals surface area contributed by atoms with E-state index in [0.717, 1.165) is 5.56 Å². The van der Waals surface area contributed by atoms with E-state index in [4.69, 9.17) is 10.7 Å². The summed E-state index contributed by atoms with van der Waals surface area (Å²) in [5.41, 5.74) is 2.04. The van der Waals surface area contributed by atoms with Gasteiger partial charge in [0.15, 0.2) is 5.76 Å². The van der Waals surface area contributed by atoms with E-state index in [2.05, 4.69) is 4.99 Å². The summed E-state index contributed by atoms with van der Waals surface area (Å²) in [6.45, 7) is 0. The van der Waals surface area contributed by atoms with Gasteiger partial charge in [-0.3, -0.25) is 0 Å². The predicted molar refractivity (Wildman–Crippen MR) is 73.8 cm³/mol. The Morgan fingerprint density at radius 3 is 2.47 bits per heavy atom. The molecular weight excluding hydrogens is 240 g/mol. The van der Waals surface area contributed by atoms with Gasteiger partial charge >= 0.3 is 0 Å². The zero-order valence-corrected chi connectivity index (χ0v) is 10.1. The molecule has 2 rings (SSSR count). The number of hydrogen-bond donors (Lipinski definition) is 1. The summed E-state index contributed by atoms with van der Waals surface area (Å²) in [5, 5.41) is 0. The van der Waals surface area contributed by atoms with Gasteiger partial charge < -0.3 is 4.84 Å². The first-order valence-corrected chi connectivity index (χ1v) is 5.66. The fourth-order valence-corrected chi connectivity index (χ4v) is 1.70. The minimum atomic E-state index is 0.431. The maximum absolute atomic E-state index is 10.4. The molecule has 94 valence electrons. The second-order valence-corrected chi connectivity index (χ2v) is 3.76. The van der Waals surface area contributed by atoms with Gasteiger partial charge in [0, 0.05) is 5.56 Å². The molecule has 0 aliphatic heterocycles. The molecule has 0 aromatic heterocycles. The highest BCUT2D eigenvalue weighted by molar-refractivity contribution is 5.82. The molecule has 0 radical (unpaired) electrons. The van der Waals surface area contributed by atoms with Crippen LogP contribution >= 0.6 is 0 Å². The largest absolute Gasteiger partial charge is 0.411 e. The van der Waals surface area contributed by atoms with Gasteiger partial charge in [0.2, 0.25) is 6.08 Å². The highest BCUT2D eigenvalue weighted by Crippen LogP contribution is 2.27. The number of nitrogens with two attached hydrogens (primary N) is 1. The molecule has 2 N–H and O–H groups in total. The van der Waals surface area contributed by atoms with Crippen molar-refractivity contribution >= 4 is 23.6 Å². The van der Waals surface area contributed by atoms with Gasteiger partial charge in [0.05, 0.1) is 5.69 Å². The van der Waals surface area contributed by atoms with Crippen LogP contribution in [0.5, 0.6) is 0 Å². The number of benzene rings is 2. The lowest BCUT2D eigenvalue weighted by molar-refractivity contribution is 0.293. The first-order valence-electron chi connectivity index (χ1n) is 5.66. The van der Waals surface area contributed by atoms with Crippen LogP contribution in [0.15, 0.2) is 59.6 Å². The Balaban J connectivity index is 2.48. The van der Waals surface area contributed by atoms with Crippen molar-refractivity contribution < 1.29 is 9.63 Å². The van der Waals surface area contributed by atoms with Crippen LogP contribution in [-0.4, -0.2) is 6.08 Å². The Hall–Kier alpha value is -2.68. The van der Waals surface area contributed by atoms with Gasteiger partial charge in [-0.15, -0.1) is 0 Å². The standard InChI is InChI=1S/C15H12N2O2/c16-19-15(10-12-6-2-1-3-7-12)13-8-4-5-9-14(13)17-11-18/h1-10H,16H2/b15-10+. The zero-order chi connectivity index (χ0) is 13.5. The summed E-state index contributed by atoms with van der Waals surface area (Å²) in [4.78, 5) is 18.9. The molecule has 0 spiro atoms. The van der Waals surface area contributed by atoms with Crippen LogP contribution in [0.4, 0.5) is 5.69 Å². The average Bonchev–Trinajstić information content (AvgIpc) is 2.47. The summed E-state index contributed by atoms with van der Waals surface area (Å²) in [6.07, 6.45) is 3.30. The second kappa shape index (κ2) is 6.31. The molecule has 0 unspecified atom stereocenters. The van der Waals surface area contributed by atoms with Gasteiger partial charge in [-0.25, -0.2) is 4.79 Å². The molecular formula is C15H12N2O2. The SMILES string of the molecule is NO/C(=C/c1ccccc1)c1ccccc1N=C=O. The lowest BCUT2D eigenvalue weighted by Gasteiger charge is -2.07. The van der Waals surface area contributed by atoms with Gasteiger partial charge in [-0.2, -0.15) is 10.9 Å². The molecule has 2 aromatic rings. The third-order valence-corrected chi connectivity index (χ3v) is 2.56. The van der Waals surface area contributed by atoms with E-state index in [1.165, 1.54) is 6.08 Å². The van der Waals surface area contributed by atoms with E-state index in [1.54, 1.807) is 24.3 Å². The number of aliphatic imine (C=N–C) groups is 1. The molecule has 0 fully saturated rings. The minimum absolute atomic E-state index is 0.431. The van der Waals surface area contributed by atoms with Crippen LogP contribution in [0.2, 0.25) is 0 Å². The second-order valence-electron chi connectivity index (χ2n) is 3.76. The minimum Gasteiger partial charge on any atom is -0.411 e. The van der Waals surface area contributed by atoms with E-state index in [1.807, 2.05) is 36.4 Å². The Bertz CT molecular complexity index is 630. The van der Waals surface area contributed by atoms with Crippen molar-refractivity contribution in [2.45, 2.75) is 0 Å². The Labute approximate surface area is 110 Å². The molecule has 0 saturated heterocycles. The highest BCUT2D eigenvalue weighted by Gasteiger charge is 2.08. The van der Waals surface area contributed by atoms with Crippen molar-refractivity contribution in [3.05, 3.63) is 65.7 Å². The van der Waals surface area contributed by atoms with Crippen molar-refractivity contribution in [2.75, 3.05) is 0 Å². The van der Waals surface area contributed by atoms with Crippen LogP contribution in [0, 0.1) is 0 Å². The summed E-state index contributed by atoms with van der Waals surface area (Å²) in [6, 6.07) is 16.6. The summed E-state index contributed by atoms with van der Waals surface area (Å²) in [5.74, 6) is 5.74. The van der Waals surface area contributed by atoms with Crippen molar-refractivity contribution in [3.63, 3.8) is 0 Å². The molecule has 2 aromatic carbocycles. The quantitative estimate of drug-likeness (QED) is 0.299. The van der Waals surface area contributed by atoms with E-state index in [-0.39, 0.29) is 0 Å². The lowest BCUT2D eigenvalue weighted by atomic mass is 10.1. The molecule has 0 heterocycles. The fraction of sp³-hybridized carbons (Fsp3) is 0. The summed E-state index contributed by atoms with van der Waals surface area (Å²) >= 11 is 0. The summed E-state index contributed by atoms with van der Waals surface area (Å²) in [7, 11) is 0. The van der Waals surface area contributed by atoms with Crippen molar-refractivity contribution in [2.24, 2.45) is 10.9 Å². The first-order chi connectivity index (χ1) is 9.35. The molecule has 0 saturated carbocycles. The van der Waals surface area contributed by atoms with Crippen molar-refractivity contribution in [1.82, 2.24) is 0 Å². The van der Waals surface area contributed by atoms with E-state index < -0.39 is 0 Å². The molecule has 0 bridgehead atoms. The molecule has 19 heavy (non-hydrogen) atoms. The molecule has 0 aliphatic rings. The summed E-state index contributed by atoms with van der Waals surface area (Å²) < 4.78 is 0. The van der Waals surface area contributed by atoms with Crippen LogP contribution in [0.1, 0.15) is 11.1 Å². The van der Waals surface area contributed by atoms with E-state index in [0.29, 0.717) is 17.0 Å². The molecule has 4 heteroatoms. The third-order valence-electron chi connectivity index (χ3n) is 2.56. The Morgan fingerprint density at radius 1 is 1.11 bits per heavy atom. The number of hydrogen-bond acceptors (Lipinski definition) is 4. The molecule has 4 nitrogen and oxygen atoms in total. The van der Waals surface area contributed by atoms with Crippen LogP contribution in [-0.2, 0) is 9.63 Å². The molecule has 0 atom stereocenters. The third kappa shape index (κ3) is 3.16. The zero-order valence-electron chi connectivity index (χ0n) is 10.1. The predicted octanol–water partition coefficient (Wildman–Crippen LogP) is 3.04. The monoisotopic (exact) mass is 252 g/mol. The maximum atomic E-state index is 10.4. The van der Waals surface area contributed by atoms with Crippen molar-refractivity contribution in [3.8, 4) is 0 Å². The van der Waals surface area contributed by atoms with Crippen LogP contribution < -0.4 is 5.90 Å². The first kappa shape index (κ1) is 12.8. The number of nitrogens with zero attached hydrogens (tertiary/aromatic N) is 1. The van der Waals surface area contributed by atoms with Crippen molar-refractivity contribution in [1.29, 1.82) is 0 Å². The maximum Gasteiger partial charge on any atom is 0.240 e. The molecule has 0 amide bonds. The van der Waals surface area contributed by atoms with Gasteiger partial charge in [-0.1, -0.05) is 42.5 Å². The van der Waals surface area contributed by atoms with Gasteiger partial charge in [0.1, 0.15) is 0 Å². The lowest BCUT2D eigenvalue weighted by Crippen LogP contribution is -1.98. The number of rotatable bonds is 4. The Morgan fingerprint density at radius 2 is 1.79 bits per heavy atom. The fourth-order valence-electron chi connectivity index (χ4n) is 1.70. The topological polar surface area (TPSA) is 64.7 Å². The van der Waals surface area contributed by atoms with Gasteiger partial charge in [-0.05, 0) is 23.8 Å². The number of para-hydroxylation sites is 1. The van der Waals surface area contributed by atoms with E-state index >= 15 is 0 Å². The Kier molecular flexibility index (Phi) is 4.24.